The van der Waals surface area contributed by atoms with E-state index in [1.165, 1.54) is 5.56 Å². The van der Waals surface area contributed by atoms with Crippen molar-refractivity contribution in [1.82, 2.24) is 4.98 Å². The summed E-state index contributed by atoms with van der Waals surface area (Å²) in [5, 5.41) is 0. The summed E-state index contributed by atoms with van der Waals surface area (Å²) in [6.07, 6.45) is 1.55. The van der Waals surface area contributed by atoms with Gasteiger partial charge in [-0.05, 0) is 80.8 Å². The molecule has 0 aliphatic rings. The Morgan fingerprint density at radius 3 is 2.36 bits per heavy atom. The van der Waals surface area contributed by atoms with E-state index in [1.807, 2.05) is 38.1 Å². The highest BCUT2D eigenvalue weighted by Gasteiger charge is 2.16. The summed E-state index contributed by atoms with van der Waals surface area (Å²) in [6, 6.07) is 16.9. The Bertz CT molecular complexity index is 1080. The van der Waals surface area contributed by atoms with Crippen LogP contribution in [0, 0.1) is 20.8 Å². The number of hydrogen-bond acceptors (Lipinski definition) is 4. The van der Waals surface area contributed by atoms with Crippen LogP contribution in [0.3, 0.4) is 0 Å². The molecular weight excluding hydrogens is 370 g/mol. The molecule has 0 fully saturated rings. The average Bonchev–Trinajstić information content (AvgIpc) is 2.66. The Hall–Kier alpha value is -2.86. The molecule has 28 heavy (non-hydrogen) atoms. The van der Waals surface area contributed by atoms with Gasteiger partial charge in [0.05, 0.1) is 16.8 Å². The number of nitrogens with one attached hydrogen (secondary N) is 1. The average molecular weight is 396 g/mol. The van der Waals surface area contributed by atoms with Gasteiger partial charge in [0, 0.05) is 12.2 Å². The van der Waals surface area contributed by atoms with Gasteiger partial charge in [-0.2, -0.15) is 0 Å². The summed E-state index contributed by atoms with van der Waals surface area (Å²) in [6.45, 7) is 8.71. The topological polar surface area (TPSA) is 62.3 Å². The molecule has 0 amide bonds. The van der Waals surface area contributed by atoms with E-state index in [0.29, 0.717) is 5.69 Å². The summed E-state index contributed by atoms with van der Waals surface area (Å²) >= 11 is 0. The summed E-state index contributed by atoms with van der Waals surface area (Å²) in [7, 11) is -3.65. The lowest BCUT2D eigenvalue weighted by Gasteiger charge is -2.22. The standard InChI is InChI=1S/C22H25N3O2S/c1-5-25(20-8-6-7-16(2)13-20)22-12-10-19(15-23-22)24-28(26,27)21-11-9-17(3)18(4)14-21/h6-15,24H,5H2,1-4H3. The number of anilines is 3. The highest BCUT2D eigenvalue weighted by Crippen LogP contribution is 2.25. The third-order valence-electron chi connectivity index (χ3n) is 4.69. The zero-order valence-corrected chi connectivity index (χ0v) is 17.4. The minimum Gasteiger partial charge on any atom is -0.327 e. The fourth-order valence-electron chi connectivity index (χ4n) is 2.97. The Kier molecular flexibility index (Phi) is 5.70. The molecule has 0 aliphatic carbocycles. The SMILES string of the molecule is CCN(c1cccc(C)c1)c1ccc(NS(=O)(=O)c2ccc(C)c(C)c2)cn1. The fourth-order valence-corrected chi connectivity index (χ4v) is 4.10. The molecule has 0 radical (unpaired) electrons. The van der Waals surface area contributed by atoms with E-state index < -0.39 is 10.0 Å². The van der Waals surface area contributed by atoms with Crippen molar-refractivity contribution in [2.75, 3.05) is 16.2 Å². The van der Waals surface area contributed by atoms with Gasteiger partial charge in [0.25, 0.3) is 10.0 Å². The molecule has 1 heterocycles. The summed E-state index contributed by atoms with van der Waals surface area (Å²) in [5.74, 6) is 0.766. The first-order valence-corrected chi connectivity index (χ1v) is 10.7. The maximum Gasteiger partial charge on any atom is 0.261 e. The molecule has 1 N–H and O–H groups in total. The second kappa shape index (κ2) is 8.02. The molecule has 0 saturated carbocycles. The van der Waals surface area contributed by atoms with Crippen molar-refractivity contribution >= 4 is 27.2 Å². The summed E-state index contributed by atoms with van der Waals surface area (Å²) in [5.41, 5.74) is 4.66. The molecule has 2 aromatic carbocycles. The van der Waals surface area contributed by atoms with Gasteiger partial charge < -0.3 is 4.90 Å². The van der Waals surface area contributed by atoms with Crippen LogP contribution in [0.15, 0.2) is 65.7 Å². The van der Waals surface area contributed by atoms with E-state index in [2.05, 4.69) is 40.6 Å². The molecule has 1 aromatic heterocycles. The van der Waals surface area contributed by atoms with E-state index in [9.17, 15) is 8.42 Å². The molecule has 3 aromatic rings. The van der Waals surface area contributed by atoms with Crippen LogP contribution in [0.25, 0.3) is 0 Å². The number of aromatic nitrogens is 1. The van der Waals surface area contributed by atoms with Crippen LogP contribution in [0.5, 0.6) is 0 Å². The minimum atomic E-state index is -3.65. The quantitative estimate of drug-likeness (QED) is 0.640. The van der Waals surface area contributed by atoms with Crippen molar-refractivity contribution < 1.29 is 8.42 Å². The van der Waals surface area contributed by atoms with Crippen molar-refractivity contribution in [3.8, 4) is 0 Å². The van der Waals surface area contributed by atoms with Gasteiger partial charge in [-0.15, -0.1) is 0 Å². The molecule has 0 spiro atoms. The lowest BCUT2D eigenvalue weighted by Crippen LogP contribution is -2.18. The molecule has 0 saturated heterocycles. The van der Waals surface area contributed by atoms with Gasteiger partial charge in [0.15, 0.2) is 0 Å². The van der Waals surface area contributed by atoms with Crippen LogP contribution in [0.1, 0.15) is 23.6 Å². The summed E-state index contributed by atoms with van der Waals surface area (Å²) < 4.78 is 27.9. The molecule has 0 bridgehead atoms. The Labute approximate surface area is 167 Å². The van der Waals surface area contributed by atoms with Crippen molar-refractivity contribution in [3.63, 3.8) is 0 Å². The van der Waals surface area contributed by atoms with Gasteiger partial charge in [-0.25, -0.2) is 13.4 Å². The smallest absolute Gasteiger partial charge is 0.261 e. The number of hydrogen-bond donors (Lipinski definition) is 1. The van der Waals surface area contributed by atoms with Gasteiger partial charge >= 0.3 is 0 Å². The van der Waals surface area contributed by atoms with Crippen LogP contribution in [-0.4, -0.2) is 19.9 Å². The number of rotatable bonds is 6. The number of aryl methyl sites for hydroxylation is 3. The predicted octanol–water partition coefficient (Wildman–Crippen LogP) is 4.97. The highest BCUT2D eigenvalue weighted by atomic mass is 32.2. The van der Waals surface area contributed by atoms with Crippen molar-refractivity contribution in [3.05, 3.63) is 77.5 Å². The first-order valence-electron chi connectivity index (χ1n) is 9.20. The molecule has 3 rings (SSSR count). The number of benzene rings is 2. The molecule has 5 nitrogen and oxygen atoms in total. The van der Waals surface area contributed by atoms with Crippen LogP contribution in [-0.2, 0) is 10.0 Å². The van der Waals surface area contributed by atoms with E-state index >= 15 is 0 Å². The molecule has 0 aliphatic heterocycles. The largest absolute Gasteiger partial charge is 0.327 e. The van der Waals surface area contributed by atoms with E-state index in [-0.39, 0.29) is 4.90 Å². The second-order valence-corrected chi connectivity index (χ2v) is 8.52. The number of nitrogens with zero attached hydrogens (tertiary/aromatic N) is 2. The van der Waals surface area contributed by atoms with Crippen LogP contribution >= 0.6 is 0 Å². The fraction of sp³-hybridized carbons (Fsp3) is 0.227. The van der Waals surface area contributed by atoms with E-state index in [4.69, 9.17) is 0 Å². The monoisotopic (exact) mass is 395 g/mol. The Morgan fingerprint density at radius 2 is 1.75 bits per heavy atom. The maximum absolute atomic E-state index is 12.6. The van der Waals surface area contributed by atoms with E-state index in [1.54, 1.807) is 24.4 Å². The third-order valence-corrected chi connectivity index (χ3v) is 6.07. The molecule has 0 atom stereocenters. The predicted molar refractivity (Wildman–Crippen MR) is 115 cm³/mol. The first-order chi connectivity index (χ1) is 13.3. The van der Waals surface area contributed by atoms with Gasteiger partial charge in [0.2, 0.25) is 0 Å². The minimum absolute atomic E-state index is 0.245. The first kappa shape index (κ1) is 19.9. The highest BCUT2D eigenvalue weighted by molar-refractivity contribution is 7.92. The maximum atomic E-state index is 12.6. The molecule has 0 unspecified atom stereocenters. The van der Waals surface area contributed by atoms with Crippen molar-refractivity contribution in [2.45, 2.75) is 32.6 Å². The van der Waals surface area contributed by atoms with Crippen molar-refractivity contribution in [2.24, 2.45) is 0 Å². The van der Waals surface area contributed by atoms with Gasteiger partial charge in [-0.1, -0.05) is 18.2 Å². The zero-order valence-electron chi connectivity index (χ0n) is 16.6. The molecular formula is C22H25N3O2S. The van der Waals surface area contributed by atoms with Gasteiger partial charge in [0.1, 0.15) is 5.82 Å². The van der Waals surface area contributed by atoms with Crippen LogP contribution < -0.4 is 9.62 Å². The summed E-state index contributed by atoms with van der Waals surface area (Å²) in [4.78, 5) is 6.79. The van der Waals surface area contributed by atoms with Gasteiger partial charge in [-0.3, -0.25) is 4.72 Å². The number of pyridine rings is 1. The lowest BCUT2D eigenvalue weighted by atomic mass is 10.1. The van der Waals surface area contributed by atoms with Crippen LogP contribution in [0.2, 0.25) is 0 Å². The normalized spacial score (nSPS) is 11.3. The van der Waals surface area contributed by atoms with E-state index in [0.717, 1.165) is 29.2 Å². The number of sulfonamides is 1. The third kappa shape index (κ3) is 4.34. The molecule has 146 valence electrons. The zero-order chi connectivity index (χ0) is 20.3. The molecule has 6 heteroatoms. The van der Waals surface area contributed by atoms with Crippen molar-refractivity contribution in [1.29, 1.82) is 0 Å². The van der Waals surface area contributed by atoms with Crippen LogP contribution in [0.4, 0.5) is 17.2 Å². The Morgan fingerprint density at radius 1 is 0.964 bits per heavy atom. The lowest BCUT2D eigenvalue weighted by molar-refractivity contribution is 0.601. The Balaban J connectivity index is 1.82. The second-order valence-electron chi connectivity index (χ2n) is 6.84.